The maximum absolute atomic E-state index is 11.6. The van der Waals surface area contributed by atoms with Crippen LogP contribution < -0.4 is 10.2 Å². The van der Waals surface area contributed by atoms with Crippen LogP contribution in [0.25, 0.3) is 0 Å². The van der Waals surface area contributed by atoms with Crippen molar-refractivity contribution in [3.05, 3.63) is 28.0 Å². The van der Waals surface area contributed by atoms with Gasteiger partial charge in [-0.3, -0.25) is 4.79 Å². The van der Waals surface area contributed by atoms with Gasteiger partial charge in [-0.1, -0.05) is 0 Å². The maximum Gasteiger partial charge on any atom is 0.388 e. The lowest BCUT2D eigenvalue weighted by Gasteiger charge is -2.02. The summed E-state index contributed by atoms with van der Waals surface area (Å²) < 4.78 is 27.1. The van der Waals surface area contributed by atoms with Crippen molar-refractivity contribution in [1.29, 1.82) is 5.26 Å². The van der Waals surface area contributed by atoms with Crippen molar-refractivity contribution < 1.29 is 13.5 Å². The Morgan fingerprint density at radius 2 is 2.31 bits per heavy atom. The van der Waals surface area contributed by atoms with Crippen LogP contribution in [0.4, 0.5) is 8.78 Å². The molecule has 4 nitrogen and oxygen atoms in total. The van der Waals surface area contributed by atoms with Gasteiger partial charge in [0.05, 0.1) is 0 Å². The quantitative estimate of drug-likeness (QED) is 0.744. The molecular weight excluding hydrogens is 182 g/mol. The Labute approximate surface area is 71.4 Å². The Balaban J connectivity index is 2.98. The molecule has 0 aliphatic carbocycles. The van der Waals surface area contributed by atoms with Gasteiger partial charge in [0.1, 0.15) is 11.6 Å². The van der Waals surface area contributed by atoms with Gasteiger partial charge in [-0.2, -0.15) is 14.0 Å². The monoisotopic (exact) mass is 186 g/mol. The van der Waals surface area contributed by atoms with E-state index in [2.05, 4.69) is 9.72 Å². The second-order valence-corrected chi connectivity index (χ2v) is 2.07. The highest BCUT2D eigenvalue weighted by molar-refractivity contribution is 5.28. The second kappa shape index (κ2) is 3.67. The Morgan fingerprint density at radius 1 is 1.62 bits per heavy atom. The number of pyridine rings is 1. The second-order valence-electron chi connectivity index (χ2n) is 2.07. The van der Waals surface area contributed by atoms with Crippen LogP contribution in [0.15, 0.2) is 17.1 Å². The molecule has 0 unspecified atom stereocenters. The van der Waals surface area contributed by atoms with E-state index in [1.54, 1.807) is 6.07 Å². The Kier molecular flexibility index (Phi) is 2.59. The number of hydrogen-bond acceptors (Lipinski definition) is 3. The van der Waals surface area contributed by atoms with E-state index in [-0.39, 0.29) is 11.4 Å². The topological polar surface area (TPSA) is 65.9 Å². The molecule has 0 aromatic carbocycles. The first kappa shape index (κ1) is 9.19. The first-order chi connectivity index (χ1) is 6.13. The Bertz CT molecular complexity index is 394. The molecule has 0 fully saturated rings. The predicted octanol–water partition coefficient (Wildman–Crippen LogP) is 0.848. The van der Waals surface area contributed by atoms with E-state index in [1.165, 1.54) is 0 Å². The van der Waals surface area contributed by atoms with E-state index in [0.717, 1.165) is 12.3 Å². The average molecular weight is 186 g/mol. The fourth-order valence-corrected chi connectivity index (χ4v) is 0.704. The molecule has 0 saturated heterocycles. The molecule has 1 heterocycles. The van der Waals surface area contributed by atoms with Crippen molar-refractivity contribution in [1.82, 2.24) is 4.98 Å². The molecule has 6 heteroatoms. The molecule has 1 aromatic heterocycles. The van der Waals surface area contributed by atoms with Gasteiger partial charge in [0.25, 0.3) is 0 Å². The number of ether oxygens (including phenoxy) is 1. The molecule has 0 radical (unpaired) electrons. The molecule has 1 N–H and O–H groups in total. The van der Waals surface area contributed by atoms with Gasteiger partial charge in [-0.05, 0) is 0 Å². The maximum atomic E-state index is 11.6. The summed E-state index contributed by atoms with van der Waals surface area (Å²) in [5.74, 6) is -0.362. The third-order valence-corrected chi connectivity index (χ3v) is 1.22. The van der Waals surface area contributed by atoms with Gasteiger partial charge in [-0.25, -0.2) is 0 Å². The lowest BCUT2D eigenvalue weighted by Crippen LogP contribution is -2.10. The van der Waals surface area contributed by atoms with Crippen LogP contribution in [0.2, 0.25) is 0 Å². The number of aromatic nitrogens is 1. The normalized spacial score (nSPS) is 9.69. The van der Waals surface area contributed by atoms with E-state index >= 15 is 0 Å². The lowest BCUT2D eigenvalue weighted by atomic mass is 10.3. The van der Waals surface area contributed by atoms with Crippen LogP contribution >= 0.6 is 0 Å². The summed E-state index contributed by atoms with van der Waals surface area (Å²) >= 11 is 0. The molecule has 0 spiro atoms. The number of nitriles is 1. The molecule has 0 amide bonds. The van der Waals surface area contributed by atoms with Crippen LogP contribution in [0.5, 0.6) is 5.88 Å². The first-order valence-corrected chi connectivity index (χ1v) is 3.21. The molecule has 1 aromatic rings. The number of H-pyrrole nitrogens is 1. The number of hydrogen-bond donors (Lipinski definition) is 1. The van der Waals surface area contributed by atoms with Crippen molar-refractivity contribution in [2.24, 2.45) is 0 Å². The smallest absolute Gasteiger partial charge is 0.388 e. The van der Waals surface area contributed by atoms with Crippen molar-refractivity contribution >= 4 is 0 Å². The van der Waals surface area contributed by atoms with Crippen LogP contribution in [0.3, 0.4) is 0 Å². The summed E-state index contributed by atoms with van der Waals surface area (Å²) in [4.78, 5) is 13.1. The van der Waals surface area contributed by atoms with Crippen LogP contribution in [-0.4, -0.2) is 11.6 Å². The SMILES string of the molecule is N#Cc1c[nH]c(OC(F)F)cc1=O. The third-order valence-electron chi connectivity index (χ3n) is 1.22. The van der Waals surface area contributed by atoms with Gasteiger partial charge < -0.3 is 9.72 Å². The third kappa shape index (κ3) is 2.27. The highest BCUT2D eigenvalue weighted by atomic mass is 19.3. The van der Waals surface area contributed by atoms with Gasteiger partial charge in [0.2, 0.25) is 11.3 Å². The minimum atomic E-state index is -3.00. The minimum Gasteiger partial charge on any atom is -0.419 e. The zero-order valence-electron chi connectivity index (χ0n) is 6.25. The fraction of sp³-hybridized carbons (Fsp3) is 0.143. The largest absolute Gasteiger partial charge is 0.419 e. The highest BCUT2D eigenvalue weighted by Crippen LogP contribution is 2.06. The van der Waals surface area contributed by atoms with Crippen molar-refractivity contribution in [3.63, 3.8) is 0 Å². The molecule has 0 aliphatic rings. The van der Waals surface area contributed by atoms with E-state index in [0.29, 0.717) is 0 Å². The lowest BCUT2D eigenvalue weighted by molar-refractivity contribution is -0.0529. The highest BCUT2D eigenvalue weighted by Gasteiger charge is 2.06. The van der Waals surface area contributed by atoms with Gasteiger partial charge >= 0.3 is 6.61 Å². The average Bonchev–Trinajstić information content (AvgIpc) is 2.03. The molecule has 0 aliphatic heterocycles. The number of rotatable bonds is 2. The van der Waals surface area contributed by atoms with Gasteiger partial charge in [0.15, 0.2) is 0 Å². The molecule has 0 atom stereocenters. The fourth-order valence-electron chi connectivity index (χ4n) is 0.704. The van der Waals surface area contributed by atoms with Crippen LogP contribution in [0, 0.1) is 11.3 Å². The standard InChI is InChI=1S/C7H4F2N2O2/c8-7(9)13-6-1-5(12)4(2-10)3-11-6/h1,3,7H,(H,11,12). The van der Waals surface area contributed by atoms with Crippen LogP contribution in [-0.2, 0) is 0 Å². The summed E-state index contributed by atoms with van der Waals surface area (Å²) in [6.07, 6.45) is 1.01. The van der Waals surface area contributed by atoms with Crippen molar-refractivity contribution in [3.8, 4) is 11.9 Å². The van der Waals surface area contributed by atoms with Gasteiger partial charge in [-0.15, -0.1) is 0 Å². The van der Waals surface area contributed by atoms with E-state index in [1.807, 2.05) is 0 Å². The Morgan fingerprint density at radius 3 is 2.77 bits per heavy atom. The zero-order valence-corrected chi connectivity index (χ0v) is 6.25. The summed E-state index contributed by atoms with van der Waals surface area (Å²) in [5.41, 5.74) is -0.807. The minimum absolute atomic E-state index is 0.151. The molecule has 0 bridgehead atoms. The number of aromatic amines is 1. The zero-order chi connectivity index (χ0) is 9.84. The summed E-state index contributed by atoms with van der Waals surface area (Å²) in [7, 11) is 0. The molecule has 0 saturated carbocycles. The summed E-state index contributed by atoms with van der Waals surface area (Å²) in [6.45, 7) is -3.00. The van der Waals surface area contributed by atoms with E-state index in [4.69, 9.17) is 5.26 Å². The first-order valence-electron chi connectivity index (χ1n) is 3.21. The molecule has 68 valence electrons. The molecule has 13 heavy (non-hydrogen) atoms. The molecular formula is C7H4F2N2O2. The number of nitrogens with zero attached hydrogens (tertiary/aromatic N) is 1. The van der Waals surface area contributed by atoms with Crippen molar-refractivity contribution in [2.45, 2.75) is 6.61 Å². The van der Waals surface area contributed by atoms with Gasteiger partial charge in [0, 0.05) is 12.3 Å². The number of nitrogens with one attached hydrogen (secondary N) is 1. The van der Waals surface area contributed by atoms with Crippen LogP contribution in [0.1, 0.15) is 5.56 Å². The predicted molar refractivity (Wildman–Crippen MR) is 38.4 cm³/mol. The van der Waals surface area contributed by atoms with E-state index < -0.39 is 12.0 Å². The van der Waals surface area contributed by atoms with Crippen molar-refractivity contribution in [2.75, 3.05) is 0 Å². The molecule has 1 rings (SSSR count). The Hall–Kier alpha value is -1.90. The summed E-state index contributed by atoms with van der Waals surface area (Å²) in [5, 5.41) is 8.33. The summed E-state index contributed by atoms with van der Waals surface area (Å²) in [6, 6.07) is 2.39. The number of halogens is 2. The number of alkyl halides is 2. The van der Waals surface area contributed by atoms with E-state index in [9.17, 15) is 13.6 Å².